The SMILES string of the molecule is Clc1cncc(Cl)c1-c1nccn1CC1CCCCO1. The minimum Gasteiger partial charge on any atom is -0.376 e. The zero-order valence-electron chi connectivity index (χ0n) is 10.9. The molecule has 1 aliphatic heterocycles. The Bertz CT molecular complexity index is 574. The maximum Gasteiger partial charge on any atom is 0.143 e. The molecule has 1 aliphatic rings. The number of nitrogens with zero attached hydrogens (tertiary/aromatic N) is 3. The predicted octanol–water partition coefficient (Wildman–Crippen LogP) is 3.82. The fourth-order valence-electron chi connectivity index (χ4n) is 2.48. The fourth-order valence-corrected chi connectivity index (χ4v) is 3.01. The molecular weight excluding hydrogens is 297 g/mol. The summed E-state index contributed by atoms with van der Waals surface area (Å²) in [5.74, 6) is 0.761. The van der Waals surface area contributed by atoms with Crippen LogP contribution < -0.4 is 0 Å². The lowest BCUT2D eigenvalue weighted by Gasteiger charge is -2.23. The minimum absolute atomic E-state index is 0.232. The van der Waals surface area contributed by atoms with E-state index in [0.29, 0.717) is 10.0 Å². The van der Waals surface area contributed by atoms with Gasteiger partial charge in [0.15, 0.2) is 0 Å². The minimum atomic E-state index is 0.232. The van der Waals surface area contributed by atoms with Crippen molar-refractivity contribution in [3.8, 4) is 11.4 Å². The van der Waals surface area contributed by atoms with E-state index in [1.165, 1.54) is 6.42 Å². The zero-order chi connectivity index (χ0) is 13.9. The summed E-state index contributed by atoms with van der Waals surface area (Å²) in [7, 11) is 0. The average molecular weight is 312 g/mol. The number of rotatable bonds is 3. The summed E-state index contributed by atoms with van der Waals surface area (Å²) >= 11 is 12.4. The van der Waals surface area contributed by atoms with Crippen molar-refractivity contribution < 1.29 is 4.74 Å². The number of hydrogen-bond donors (Lipinski definition) is 0. The van der Waals surface area contributed by atoms with Crippen molar-refractivity contribution in [3.05, 3.63) is 34.8 Å². The van der Waals surface area contributed by atoms with Crippen LogP contribution in [0.2, 0.25) is 10.0 Å². The van der Waals surface area contributed by atoms with Gasteiger partial charge in [-0.25, -0.2) is 4.98 Å². The van der Waals surface area contributed by atoms with Gasteiger partial charge in [0.1, 0.15) is 5.82 Å². The molecule has 1 atom stereocenters. The van der Waals surface area contributed by atoms with Gasteiger partial charge >= 0.3 is 0 Å². The summed E-state index contributed by atoms with van der Waals surface area (Å²) in [6.07, 6.45) is 10.5. The zero-order valence-corrected chi connectivity index (χ0v) is 12.4. The Labute approximate surface area is 127 Å². The molecule has 1 saturated heterocycles. The highest BCUT2D eigenvalue weighted by atomic mass is 35.5. The molecule has 3 rings (SSSR count). The van der Waals surface area contributed by atoms with E-state index in [4.69, 9.17) is 27.9 Å². The van der Waals surface area contributed by atoms with Gasteiger partial charge in [0.25, 0.3) is 0 Å². The van der Waals surface area contributed by atoms with E-state index >= 15 is 0 Å². The third kappa shape index (κ3) is 2.82. The van der Waals surface area contributed by atoms with Crippen LogP contribution in [0.3, 0.4) is 0 Å². The normalized spacial score (nSPS) is 19.2. The topological polar surface area (TPSA) is 39.9 Å². The first-order valence-electron chi connectivity index (χ1n) is 6.68. The van der Waals surface area contributed by atoms with Gasteiger partial charge in [-0.3, -0.25) is 4.98 Å². The second kappa shape index (κ2) is 6.12. The van der Waals surface area contributed by atoms with Crippen molar-refractivity contribution in [2.75, 3.05) is 6.61 Å². The molecule has 0 spiro atoms. The Morgan fingerprint density at radius 2 is 2.05 bits per heavy atom. The van der Waals surface area contributed by atoms with Crippen LogP contribution in [-0.2, 0) is 11.3 Å². The molecule has 2 aromatic heterocycles. The third-order valence-electron chi connectivity index (χ3n) is 3.47. The highest BCUT2D eigenvalue weighted by Crippen LogP contribution is 2.33. The molecule has 0 aromatic carbocycles. The third-order valence-corrected chi connectivity index (χ3v) is 4.04. The molecular formula is C14H15Cl2N3O. The first-order chi connectivity index (χ1) is 9.75. The maximum absolute atomic E-state index is 6.20. The monoisotopic (exact) mass is 311 g/mol. The summed E-state index contributed by atoms with van der Waals surface area (Å²) in [4.78, 5) is 8.36. The van der Waals surface area contributed by atoms with Crippen LogP contribution in [0, 0.1) is 0 Å². The van der Waals surface area contributed by atoms with Gasteiger partial charge in [0.05, 0.1) is 28.3 Å². The molecule has 0 N–H and O–H groups in total. The number of ether oxygens (including phenoxy) is 1. The standard InChI is InChI=1S/C14H15Cl2N3O/c15-11-7-17-8-12(16)13(11)14-18-4-5-19(14)9-10-3-1-2-6-20-10/h4-5,7-8,10H,1-3,6,9H2. The summed E-state index contributed by atoms with van der Waals surface area (Å²) in [5.41, 5.74) is 0.726. The van der Waals surface area contributed by atoms with Gasteiger partial charge in [0, 0.05) is 31.4 Å². The Balaban J connectivity index is 1.89. The summed E-state index contributed by atoms with van der Waals surface area (Å²) in [6.45, 7) is 1.61. The van der Waals surface area contributed by atoms with Crippen molar-refractivity contribution in [2.45, 2.75) is 31.9 Å². The van der Waals surface area contributed by atoms with Gasteiger partial charge in [-0.05, 0) is 19.3 Å². The Morgan fingerprint density at radius 3 is 2.75 bits per heavy atom. The molecule has 4 nitrogen and oxygen atoms in total. The number of hydrogen-bond acceptors (Lipinski definition) is 3. The summed E-state index contributed by atoms with van der Waals surface area (Å²) in [6, 6.07) is 0. The summed E-state index contributed by atoms with van der Waals surface area (Å²) < 4.78 is 7.82. The first kappa shape index (κ1) is 13.9. The smallest absolute Gasteiger partial charge is 0.143 e. The van der Waals surface area contributed by atoms with Gasteiger partial charge in [-0.2, -0.15) is 0 Å². The van der Waals surface area contributed by atoms with Gasteiger partial charge in [0.2, 0.25) is 0 Å². The Hall–Kier alpha value is -1.10. The van der Waals surface area contributed by atoms with E-state index in [0.717, 1.165) is 37.4 Å². The lowest BCUT2D eigenvalue weighted by molar-refractivity contribution is 0.00624. The average Bonchev–Trinajstić information content (AvgIpc) is 2.88. The maximum atomic E-state index is 6.20. The largest absolute Gasteiger partial charge is 0.376 e. The van der Waals surface area contributed by atoms with Crippen LogP contribution in [0.4, 0.5) is 0 Å². The lowest BCUT2D eigenvalue weighted by Crippen LogP contribution is -2.24. The molecule has 0 bridgehead atoms. The molecule has 0 aliphatic carbocycles. The molecule has 20 heavy (non-hydrogen) atoms. The van der Waals surface area contributed by atoms with E-state index in [1.807, 2.05) is 10.8 Å². The van der Waals surface area contributed by atoms with Gasteiger partial charge < -0.3 is 9.30 Å². The highest BCUT2D eigenvalue weighted by molar-refractivity contribution is 6.38. The molecule has 0 saturated carbocycles. The quantitative estimate of drug-likeness (QED) is 0.865. The summed E-state index contributed by atoms with van der Waals surface area (Å²) in [5, 5.41) is 1.02. The van der Waals surface area contributed by atoms with Crippen molar-refractivity contribution in [2.24, 2.45) is 0 Å². The van der Waals surface area contributed by atoms with Crippen LogP contribution in [0.25, 0.3) is 11.4 Å². The van der Waals surface area contributed by atoms with E-state index in [2.05, 4.69) is 9.97 Å². The first-order valence-corrected chi connectivity index (χ1v) is 7.43. The molecule has 1 fully saturated rings. The fraction of sp³-hybridized carbons (Fsp3) is 0.429. The van der Waals surface area contributed by atoms with Crippen LogP contribution in [0.5, 0.6) is 0 Å². The van der Waals surface area contributed by atoms with E-state index in [1.54, 1.807) is 18.6 Å². The van der Waals surface area contributed by atoms with E-state index in [-0.39, 0.29) is 6.10 Å². The number of halogens is 2. The highest BCUT2D eigenvalue weighted by Gasteiger charge is 2.19. The van der Waals surface area contributed by atoms with Crippen LogP contribution >= 0.6 is 23.2 Å². The second-order valence-corrected chi connectivity index (χ2v) is 5.68. The van der Waals surface area contributed by atoms with Crippen LogP contribution in [-0.4, -0.2) is 27.2 Å². The molecule has 3 heterocycles. The molecule has 2 aromatic rings. The van der Waals surface area contributed by atoms with Crippen molar-refractivity contribution in [1.82, 2.24) is 14.5 Å². The van der Waals surface area contributed by atoms with E-state index < -0.39 is 0 Å². The number of pyridine rings is 1. The lowest BCUT2D eigenvalue weighted by atomic mass is 10.1. The van der Waals surface area contributed by atoms with Crippen LogP contribution in [0.15, 0.2) is 24.8 Å². The molecule has 0 radical (unpaired) electrons. The van der Waals surface area contributed by atoms with E-state index in [9.17, 15) is 0 Å². The molecule has 0 amide bonds. The number of aromatic nitrogens is 3. The Morgan fingerprint density at radius 1 is 1.25 bits per heavy atom. The van der Waals surface area contributed by atoms with Crippen molar-refractivity contribution >= 4 is 23.2 Å². The Kier molecular flexibility index (Phi) is 4.24. The van der Waals surface area contributed by atoms with Gasteiger partial charge in [-0.1, -0.05) is 23.2 Å². The van der Waals surface area contributed by atoms with Crippen molar-refractivity contribution in [3.63, 3.8) is 0 Å². The predicted molar refractivity (Wildman–Crippen MR) is 79.1 cm³/mol. The molecule has 1 unspecified atom stereocenters. The number of imidazole rings is 1. The molecule has 6 heteroatoms. The molecule has 106 valence electrons. The van der Waals surface area contributed by atoms with Crippen LogP contribution in [0.1, 0.15) is 19.3 Å². The van der Waals surface area contributed by atoms with Crippen molar-refractivity contribution in [1.29, 1.82) is 0 Å². The second-order valence-electron chi connectivity index (χ2n) is 4.87. The van der Waals surface area contributed by atoms with Gasteiger partial charge in [-0.15, -0.1) is 0 Å².